The SMILES string of the molecule is CN(C)C(=O)c1ccc(B(O)O)n1C(=O)OC(C)(C)C. The van der Waals surface area contributed by atoms with Gasteiger partial charge in [-0.05, 0) is 32.9 Å². The van der Waals surface area contributed by atoms with E-state index in [9.17, 15) is 19.6 Å². The van der Waals surface area contributed by atoms with Crippen LogP contribution in [0.5, 0.6) is 0 Å². The number of carbonyl (C=O) groups is 2. The molecule has 1 rings (SSSR count). The molecule has 0 bridgehead atoms. The Hall–Kier alpha value is -1.80. The smallest absolute Gasteiger partial charge is 0.443 e. The fraction of sp³-hybridized carbons (Fsp3) is 0.500. The van der Waals surface area contributed by atoms with E-state index < -0.39 is 24.7 Å². The predicted molar refractivity (Wildman–Crippen MR) is 73.9 cm³/mol. The predicted octanol–water partition coefficient (Wildman–Crippen LogP) is -0.347. The first-order chi connectivity index (χ1) is 9.04. The van der Waals surface area contributed by atoms with Crippen LogP contribution in [0.25, 0.3) is 0 Å². The first-order valence-corrected chi connectivity index (χ1v) is 6.07. The first kappa shape index (κ1) is 16.3. The maximum absolute atomic E-state index is 12.1. The molecule has 1 amide bonds. The van der Waals surface area contributed by atoms with Crippen molar-refractivity contribution in [3.05, 3.63) is 17.8 Å². The Bertz CT molecular complexity index is 516. The molecule has 0 spiro atoms. The van der Waals surface area contributed by atoms with Gasteiger partial charge in [-0.1, -0.05) is 0 Å². The molecule has 110 valence electrons. The summed E-state index contributed by atoms with van der Waals surface area (Å²) in [4.78, 5) is 25.4. The van der Waals surface area contributed by atoms with E-state index in [-0.39, 0.29) is 11.3 Å². The van der Waals surface area contributed by atoms with Crippen molar-refractivity contribution >= 4 is 24.7 Å². The zero-order chi connectivity index (χ0) is 15.7. The quantitative estimate of drug-likeness (QED) is 0.723. The Balaban J connectivity index is 3.29. The van der Waals surface area contributed by atoms with Gasteiger partial charge in [-0.2, -0.15) is 0 Å². The second-order valence-corrected chi connectivity index (χ2v) is 5.53. The number of amides is 1. The van der Waals surface area contributed by atoms with Crippen LogP contribution in [0.1, 0.15) is 31.3 Å². The zero-order valence-corrected chi connectivity index (χ0v) is 12.2. The van der Waals surface area contributed by atoms with Crippen molar-refractivity contribution in [3.8, 4) is 0 Å². The number of rotatable bonds is 2. The number of hydrogen-bond acceptors (Lipinski definition) is 5. The standard InChI is InChI=1S/C12H19BN2O5/c1-12(2,3)20-11(17)15-8(10(16)14(4)5)6-7-9(15)13(18)19/h6-7,18-19H,1-5H3. The summed E-state index contributed by atoms with van der Waals surface area (Å²) in [7, 11) is 1.18. The van der Waals surface area contributed by atoms with Gasteiger partial charge in [0.25, 0.3) is 5.91 Å². The van der Waals surface area contributed by atoms with Gasteiger partial charge in [-0.3, -0.25) is 4.79 Å². The average Bonchev–Trinajstić information content (AvgIpc) is 2.69. The van der Waals surface area contributed by atoms with Gasteiger partial charge in [-0.25, -0.2) is 9.36 Å². The average molecular weight is 282 g/mol. The molecule has 0 aliphatic heterocycles. The summed E-state index contributed by atoms with van der Waals surface area (Å²) in [5, 5.41) is 18.6. The van der Waals surface area contributed by atoms with Crippen molar-refractivity contribution in [1.82, 2.24) is 9.47 Å². The van der Waals surface area contributed by atoms with E-state index in [1.54, 1.807) is 20.8 Å². The monoisotopic (exact) mass is 282 g/mol. The van der Waals surface area contributed by atoms with Gasteiger partial charge in [0.15, 0.2) is 0 Å². The van der Waals surface area contributed by atoms with Crippen LogP contribution in [-0.2, 0) is 4.74 Å². The summed E-state index contributed by atoms with van der Waals surface area (Å²) in [6.07, 6.45) is -0.837. The number of carbonyl (C=O) groups excluding carboxylic acids is 2. The lowest BCUT2D eigenvalue weighted by Crippen LogP contribution is -2.43. The van der Waals surface area contributed by atoms with Gasteiger partial charge in [0.1, 0.15) is 11.3 Å². The third-order valence-corrected chi connectivity index (χ3v) is 2.38. The summed E-state index contributed by atoms with van der Waals surface area (Å²) in [5.74, 6) is -0.442. The summed E-state index contributed by atoms with van der Waals surface area (Å²) in [6, 6.07) is 2.65. The van der Waals surface area contributed by atoms with Crippen LogP contribution in [0.2, 0.25) is 0 Å². The number of aromatic nitrogens is 1. The highest BCUT2D eigenvalue weighted by atomic mass is 16.6. The Morgan fingerprint density at radius 1 is 1.25 bits per heavy atom. The lowest BCUT2D eigenvalue weighted by atomic mass is 9.86. The summed E-state index contributed by atoms with van der Waals surface area (Å²) >= 11 is 0. The molecule has 0 atom stereocenters. The largest absolute Gasteiger partial charge is 0.506 e. The van der Waals surface area contributed by atoms with E-state index in [0.29, 0.717) is 0 Å². The molecule has 1 heterocycles. The van der Waals surface area contributed by atoms with Crippen molar-refractivity contribution in [1.29, 1.82) is 0 Å². The maximum atomic E-state index is 12.1. The van der Waals surface area contributed by atoms with Gasteiger partial charge >= 0.3 is 13.2 Å². The third-order valence-electron chi connectivity index (χ3n) is 2.38. The molecule has 0 unspecified atom stereocenters. The molecule has 0 radical (unpaired) electrons. The van der Waals surface area contributed by atoms with Gasteiger partial charge in [0.05, 0.1) is 5.59 Å². The van der Waals surface area contributed by atoms with Crippen LogP contribution < -0.4 is 5.59 Å². The van der Waals surface area contributed by atoms with Crippen molar-refractivity contribution in [3.63, 3.8) is 0 Å². The highest BCUT2D eigenvalue weighted by Gasteiger charge is 2.29. The molecule has 0 aliphatic rings. The summed E-state index contributed by atoms with van der Waals surface area (Å²) < 4.78 is 6.05. The minimum Gasteiger partial charge on any atom is -0.443 e. The second kappa shape index (κ2) is 5.68. The lowest BCUT2D eigenvalue weighted by Gasteiger charge is -2.22. The van der Waals surface area contributed by atoms with Gasteiger partial charge < -0.3 is 19.7 Å². The normalized spacial score (nSPS) is 11.2. The Morgan fingerprint density at radius 3 is 2.20 bits per heavy atom. The highest BCUT2D eigenvalue weighted by molar-refractivity contribution is 6.58. The molecule has 0 aliphatic carbocycles. The van der Waals surface area contributed by atoms with Crippen molar-refractivity contribution < 1.29 is 24.4 Å². The number of nitrogens with zero attached hydrogens (tertiary/aromatic N) is 2. The topological polar surface area (TPSA) is 92.0 Å². The third kappa shape index (κ3) is 3.61. The second-order valence-electron chi connectivity index (χ2n) is 5.53. The summed E-state index contributed by atoms with van der Waals surface area (Å²) in [5.41, 5.74) is -0.880. The van der Waals surface area contributed by atoms with E-state index in [0.717, 1.165) is 4.57 Å². The van der Waals surface area contributed by atoms with Crippen LogP contribution in [0.4, 0.5) is 4.79 Å². The number of ether oxygens (including phenoxy) is 1. The fourth-order valence-electron chi connectivity index (χ4n) is 1.56. The molecule has 7 nitrogen and oxygen atoms in total. The van der Waals surface area contributed by atoms with Crippen molar-refractivity contribution in [2.45, 2.75) is 26.4 Å². The van der Waals surface area contributed by atoms with E-state index in [4.69, 9.17) is 4.74 Å². The van der Waals surface area contributed by atoms with Crippen LogP contribution in [-0.4, -0.2) is 58.3 Å². The van der Waals surface area contributed by atoms with Gasteiger partial charge in [-0.15, -0.1) is 0 Å². The van der Waals surface area contributed by atoms with Crippen LogP contribution in [0, 0.1) is 0 Å². The van der Waals surface area contributed by atoms with Gasteiger partial charge in [0.2, 0.25) is 0 Å². The van der Waals surface area contributed by atoms with Crippen LogP contribution >= 0.6 is 0 Å². The first-order valence-electron chi connectivity index (χ1n) is 6.07. The van der Waals surface area contributed by atoms with Crippen LogP contribution in [0.15, 0.2) is 12.1 Å². The molecule has 2 N–H and O–H groups in total. The van der Waals surface area contributed by atoms with E-state index in [1.165, 1.54) is 31.1 Å². The molecular formula is C12H19BN2O5. The van der Waals surface area contributed by atoms with Crippen molar-refractivity contribution in [2.75, 3.05) is 14.1 Å². The molecule has 0 aromatic carbocycles. The molecular weight excluding hydrogens is 263 g/mol. The minimum absolute atomic E-state index is 0.00681. The number of hydrogen-bond donors (Lipinski definition) is 2. The van der Waals surface area contributed by atoms with Crippen LogP contribution in [0.3, 0.4) is 0 Å². The molecule has 8 heteroatoms. The Morgan fingerprint density at radius 2 is 1.80 bits per heavy atom. The Kier molecular flexibility index (Phi) is 4.62. The molecule has 0 fully saturated rings. The zero-order valence-electron chi connectivity index (χ0n) is 12.2. The molecule has 0 saturated heterocycles. The Labute approximate surface area is 117 Å². The highest BCUT2D eigenvalue weighted by Crippen LogP contribution is 2.11. The van der Waals surface area contributed by atoms with E-state index >= 15 is 0 Å². The molecule has 1 aromatic rings. The summed E-state index contributed by atoms with van der Waals surface area (Å²) in [6.45, 7) is 5.03. The van der Waals surface area contributed by atoms with E-state index in [2.05, 4.69) is 0 Å². The molecule has 1 aromatic heterocycles. The van der Waals surface area contributed by atoms with E-state index in [1.807, 2.05) is 0 Å². The molecule has 0 saturated carbocycles. The van der Waals surface area contributed by atoms with Gasteiger partial charge in [0, 0.05) is 14.1 Å². The molecule has 20 heavy (non-hydrogen) atoms. The minimum atomic E-state index is -1.88. The van der Waals surface area contributed by atoms with Crippen molar-refractivity contribution in [2.24, 2.45) is 0 Å². The maximum Gasteiger partial charge on any atom is 0.506 e. The lowest BCUT2D eigenvalue weighted by molar-refractivity contribution is 0.0524. The fourth-order valence-corrected chi connectivity index (χ4v) is 1.56.